The van der Waals surface area contributed by atoms with Crippen LogP contribution in [0.5, 0.6) is 0 Å². The van der Waals surface area contributed by atoms with Crippen molar-refractivity contribution in [2.75, 3.05) is 13.2 Å². The number of ether oxygens (including phenoxy) is 2. The fourth-order valence-corrected chi connectivity index (χ4v) is 1.93. The Morgan fingerprint density at radius 3 is 1.43 bits per heavy atom. The van der Waals surface area contributed by atoms with Gasteiger partial charge in [0.05, 0.1) is 12.2 Å². The first-order chi connectivity index (χ1) is 6.86. The Hall–Kier alpha value is -0.0800. The SMILES string of the molecule is CCC1CCCO1.CCC1CCCO1. The minimum Gasteiger partial charge on any atom is -0.378 e. The van der Waals surface area contributed by atoms with Gasteiger partial charge >= 0.3 is 0 Å². The molecule has 2 heterocycles. The minimum absolute atomic E-state index is 0.597. The Morgan fingerprint density at radius 1 is 0.857 bits per heavy atom. The second-order valence-corrected chi connectivity index (χ2v) is 4.09. The maximum Gasteiger partial charge on any atom is 0.0573 e. The predicted molar refractivity (Wildman–Crippen MR) is 58.5 cm³/mol. The number of hydrogen-bond donors (Lipinski definition) is 0. The Morgan fingerprint density at radius 2 is 1.29 bits per heavy atom. The largest absolute Gasteiger partial charge is 0.378 e. The highest BCUT2D eigenvalue weighted by molar-refractivity contribution is 4.61. The van der Waals surface area contributed by atoms with Crippen LogP contribution in [0.3, 0.4) is 0 Å². The Kier molecular flexibility index (Phi) is 6.20. The molecule has 0 aromatic rings. The van der Waals surface area contributed by atoms with E-state index >= 15 is 0 Å². The fraction of sp³-hybridized carbons (Fsp3) is 1.00. The van der Waals surface area contributed by atoms with Crippen LogP contribution in [0, 0.1) is 0 Å². The van der Waals surface area contributed by atoms with E-state index < -0.39 is 0 Å². The summed E-state index contributed by atoms with van der Waals surface area (Å²) in [6.07, 6.45) is 8.71. The van der Waals surface area contributed by atoms with Crippen LogP contribution in [0.1, 0.15) is 52.4 Å². The van der Waals surface area contributed by atoms with Gasteiger partial charge in [-0.05, 0) is 38.5 Å². The van der Waals surface area contributed by atoms with Crippen LogP contribution < -0.4 is 0 Å². The molecule has 2 aliphatic heterocycles. The van der Waals surface area contributed by atoms with Crippen LogP contribution in [0.25, 0.3) is 0 Å². The Balaban J connectivity index is 0.000000140. The van der Waals surface area contributed by atoms with Crippen LogP contribution in [0.15, 0.2) is 0 Å². The standard InChI is InChI=1S/2C6H12O/c2*1-2-6-4-3-5-7-6/h2*6H,2-5H2,1H3. The summed E-state index contributed by atoms with van der Waals surface area (Å²) in [6.45, 7) is 6.35. The molecule has 2 rings (SSSR count). The molecular weight excluding hydrogens is 176 g/mol. The quantitative estimate of drug-likeness (QED) is 0.681. The summed E-state index contributed by atoms with van der Waals surface area (Å²) < 4.78 is 10.6. The van der Waals surface area contributed by atoms with Crippen molar-refractivity contribution in [2.24, 2.45) is 0 Å². The Bertz CT molecular complexity index is 108. The monoisotopic (exact) mass is 200 g/mol. The van der Waals surface area contributed by atoms with Gasteiger partial charge in [-0.25, -0.2) is 0 Å². The molecule has 14 heavy (non-hydrogen) atoms. The summed E-state index contributed by atoms with van der Waals surface area (Å²) >= 11 is 0. The predicted octanol–water partition coefficient (Wildman–Crippen LogP) is 3.15. The first kappa shape index (κ1) is 12.0. The van der Waals surface area contributed by atoms with E-state index in [1.54, 1.807) is 0 Å². The van der Waals surface area contributed by atoms with Crippen molar-refractivity contribution in [1.29, 1.82) is 0 Å². The third kappa shape index (κ3) is 4.43. The van der Waals surface area contributed by atoms with Crippen molar-refractivity contribution >= 4 is 0 Å². The molecule has 2 saturated heterocycles. The van der Waals surface area contributed by atoms with E-state index in [2.05, 4.69) is 13.8 Å². The van der Waals surface area contributed by atoms with Crippen LogP contribution in [0.2, 0.25) is 0 Å². The van der Waals surface area contributed by atoms with E-state index in [0.29, 0.717) is 12.2 Å². The van der Waals surface area contributed by atoms with Crippen molar-refractivity contribution in [1.82, 2.24) is 0 Å². The lowest BCUT2D eigenvalue weighted by atomic mass is 10.2. The summed E-state index contributed by atoms with van der Waals surface area (Å²) in [4.78, 5) is 0. The summed E-state index contributed by atoms with van der Waals surface area (Å²) in [5, 5.41) is 0. The van der Waals surface area contributed by atoms with E-state index in [1.165, 1.54) is 38.5 Å². The third-order valence-electron chi connectivity index (χ3n) is 2.96. The molecule has 2 nitrogen and oxygen atoms in total. The van der Waals surface area contributed by atoms with Gasteiger partial charge in [0, 0.05) is 13.2 Å². The molecule has 2 atom stereocenters. The lowest BCUT2D eigenvalue weighted by molar-refractivity contribution is 0.108. The molecule has 0 radical (unpaired) electrons. The maximum atomic E-state index is 5.30. The first-order valence-corrected chi connectivity index (χ1v) is 6.10. The third-order valence-corrected chi connectivity index (χ3v) is 2.96. The minimum atomic E-state index is 0.597. The van der Waals surface area contributed by atoms with E-state index in [1.807, 2.05) is 0 Å². The van der Waals surface area contributed by atoms with Gasteiger partial charge in [-0.15, -0.1) is 0 Å². The number of rotatable bonds is 2. The van der Waals surface area contributed by atoms with E-state index in [0.717, 1.165) is 13.2 Å². The molecule has 2 unspecified atom stereocenters. The van der Waals surface area contributed by atoms with Crippen molar-refractivity contribution in [3.63, 3.8) is 0 Å². The summed E-state index contributed by atoms with van der Waals surface area (Å²) in [6, 6.07) is 0. The summed E-state index contributed by atoms with van der Waals surface area (Å²) in [5.74, 6) is 0. The second kappa shape index (κ2) is 7.24. The fourth-order valence-electron chi connectivity index (χ4n) is 1.93. The number of hydrogen-bond acceptors (Lipinski definition) is 2. The molecule has 0 amide bonds. The molecule has 0 saturated carbocycles. The van der Waals surface area contributed by atoms with Crippen molar-refractivity contribution in [3.8, 4) is 0 Å². The van der Waals surface area contributed by atoms with Gasteiger partial charge < -0.3 is 9.47 Å². The van der Waals surface area contributed by atoms with Crippen LogP contribution in [-0.2, 0) is 9.47 Å². The average molecular weight is 200 g/mol. The van der Waals surface area contributed by atoms with Crippen LogP contribution in [0.4, 0.5) is 0 Å². The van der Waals surface area contributed by atoms with Gasteiger partial charge in [-0.3, -0.25) is 0 Å². The normalized spacial score (nSPS) is 31.3. The van der Waals surface area contributed by atoms with Gasteiger partial charge in [-0.2, -0.15) is 0 Å². The zero-order valence-electron chi connectivity index (χ0n) is 9.63. The van der Waals surface area contributed by atoms with Crippen LogP contribution >= 0.6 is 0 Å². The highest BCUT2D eigenvalue weighted by Crippen LogP contribution is 2.14. The lowest BCUT2D eigenvalue weighted by Crippen LogP contribution is -2.00. The van der Waals surface area contributed by atoms with Crippen molar-refractivity contribution < 1.29 is 9.47 Å². The highest BCUT2D eigenvalue weighted by Gasteiger charge is 2.11. The topological polar surface area (TPSA) is 18.5 Å². The van der Waals surface area contributed by atoms with Crippen molar-refractivity contribution in [3.05, 3.63) is 0 Å². The summed E-state index contributed by atoms with van der Waals surface area (Å²) in [7, 11) is 0. The molecule has 84 valence electrons. The molecule has 0 N–H and O–H groups in total. The lowest BCUT2D eigenvalue weighted by Gasteiger charge is -2.01. The Labute approximate surface area is 88.0 Å². The first-order valence-electron chi connectivity index (χ1n) is 6.10. The summed E-state index contributed by atoms with van der Waals surface area (Å²) in [5.41, 5.74) is 0. The second-order valence-electron chi connectivity index (χ2n) is 4.09. The van der Waals surface area contributed by atoms with Gasteiger partial charge in [-0.1, -0.05) is 13.8 Å². The molecule has 2 fully saturated rings. The molecule has 2 heteroatoms. The molecule has 0 spiro atoms. The zero-order valence-corrected chi connectivity index (χ0v) is 9.63. The molecule has 0 aromatic carbocycles. The van der Waals surface area contributed by atoms with Crippen LogP contribution in [-0.4, -0.2) is 25.4 Å². The van der Waals surface area contributed by atoms with E-state index in [4.69, 9.17) is 9.47 Å². The van der Waals surface area contributed by atoms with E-state index in [9.17, 15) is 0 Å². The maximum absolute atomic E-state index is 5.30. The molecule has 0 aromatic heterocycles. The smallest absolute Gasteiger partial charge is 0.0573 e. The zero-order chi connectivity index (χ0) is 10.2. The molecule has 0 bridgehead atoms. The highest BCUT2D eigenvalue weighted by atomic mass is 16.5. The van der Waals surface area contributed by atoms with Gasteiger partial charge in [0.25, 0.3) is 0 Å². The van der Waals surface area contributed by atoms with Gasteiger partial charge in [0.2, 0.25) is 0 Å². The molecule has 2 aliphatic rings. The van der Waals surface area contributed by atoms with Crippen molar-refractivity contribution in [2.45, 2.75) is 64.6 Å². The molecule has 0 aliphatic carbocycles. The average Bonchev–Trinajstić information content (AvgIpc) is 2.92. The molecular formula is C12H24O2. The van der Waals surface area contributed by atoms with E-state index in [-0.39, 0.29) is 0 Å². The van der Waals surface area contributed by atoms with Gasteiger partial charge in [0.15, 0.2) is 0 Å². The van der Waals surface area contributed by atoms with Gasteiger partial charge in [0.1, 0.15) is 0 Å².